The highest BCUT2D eigenvalue weighted by Crippen LogP contribution is 2.18. The molecular weight excluding hydrogens is 212 g/mol. The van der Waals surface area contributed by atoms with E-state index in [4.69, 9.17) is 5.14 Å². The van der Waals surface area contributed by atoms with Crippen molar-refractivity contribution < 1.29 is 8.42 Å². The molecule has 0 spiro atoms. The zero-order valence-electron chi connectivity index (χ0n) is 8.14. The van der Waals surface area contributed by atoms with E-state index in [0.717, 1.165) is 5.39 Å². The number of nitrogens with two attached hydrogens (primary N) is 1. The van der Waals surface area contributed by atoms with Gasteiger partial charge in [-0.2, -0.15) is 0 Å². The standard InChI is InChI=1S/C10H10N2O2S/c1-7-6-8-4-2-3-5-9(8)12-10(7)15(11,13)14/h2-6H,1H3,(H2,11,13,14). The van der Waals surface area contributed by atoms with Crippen molar-refractivity contribution in [2.24, 2.45) is 5.14 Å². The Morgan fingerprint density at radius 2 is 1.93 bits per heavy atom. The Balaban J connectivity index is 2.84. The average Bonchev–Trinajstić information content (AvgIpc) is 2.15. The van der Waals surface area contributed by atoms with Crippen molar-refractivity contribution >= 4 is 20.9 Å². The molecule has 0 atom stereocenters. The van der Waals surface area contributed by atoms with E-state index < -0.39 is 10.0 Å². The van der Waals surface area contributed by atoms with Gasteiger partial charge in [0, 0.05) is 5.39 Å². The first kappa shape index (κ1) is 10.1. The van der Waals surface area contributed by atoms with Gasteiger partial charge in [-0.1, -0.05) is 18.2 Å². The quantitative estimate of drug-likeness (QED) is 0.787. The lowest BCUT2D eigenvalue weighted by atomic mass is 10.2. The van der Waals surface area contributed by atoms with E-state index in [1.54, 1.807) is 25.1 Å². The minimum atomic E-state index is -3.74. The summed E-state index contributed by atoms with van der Waals surface area (Å²) in [6, 6.07) is 9.07. The molecule has 1 aromatic heterocycles. The predicted octanol–water partition coefficient (Wildman–Crippen LogP) is 1.19. The monoisotopic (exact) mass is 222 g/mol. The number of nitrogens with zero attached hydrogens (tertiary/aromatic N) is 1. The van der Waals surface area contributed by atoms with E-state index in [0.29, 0.717) is 11.1 Å². The van der Waals surface area contributed by atoms with Crippen molar-refractivity contribution in [3.63, 3.8) is 0 Å². The molecule has 2 rings (SSSR count). The largest absolute Gasteiger partial charge is 0.255 e. The number of aryl methyl sites for hydroxylation is 1. The van der Waals surface area contributed by atoms with Crippen molar-refractivity contribution in [1.29, 1.82) is 0 Å². The SMILES string of the molecule is Cc1cc2ccccc2nc1S(N)(=O)=O. The molecule has 2 N–H and O–H groups in total. The van der Waals surface area contributed by atoms with Crippen LogP contribution in [0.1, 0.15) is 5.56 Å². The Morgan fingerprint density at radius 1 is 1.27 bits per heavy atom. The first-order valence-electron chi connectivity index (χ1n) is 4.38. The smallest absolute Gasteiger partial charge is 0.235 e. The molecule has 0 aliphatic heterocycles. The maximum atomic E-state index is 11.2. The van der Waals surface area contributed by atoms with Gasteiger partial charge in [-0.15, -0.1) is 0 Å². The predicted molar refractivity (Wildman–Crippen MR) is 57.9 cm³/mol. The number of para-hydroxylation sites is 1. The number of hydrogen-bond acceptors (Lipinski definition) is 3. The number of primary sulfonamides is 1. The van der Waals surface area contributed by atoms with E-state index >= 15 is 0 Å². The number of hydrogen-bond donors (Lipinski definition) is 1. The minimum Gasteiger partial charge on any atom is -0.235 e. The van der Waals surface area contributed by atoms with Gasteiger partial charge in [0.25, 0.3) is 10.0 Å². The fourth-order valence-corrected chi connectivity index (χ4v) is 2.23. The molecule has 0 amide bonds. The topological polar surface area (TPSA) is 73.0 Å². The molecule has 0 aliphatic rings. The lowest BCUT2D eigenvalue weighted by Crippen LogP contribution is -2.15. The normalized spacial score (nSPS) is 11.9. The molecule has 0 radical (unpaired) electrons. The van der Waals surface area contributed by atoms with Crippen LogP contribution in [0, 0.1) is 6.92 Å². The van der Waals surface area contributed by atoms with Crippen LogP contribution in [0.2, 0.25) is 0 Å². The first-order chi connectivity index (χ1) is 6.98. The molecule has 2 aromatic rings. The summed E-state index contributed by atoms with van der Waals surface area (Å²) in [5, 5.41) is 5.91. The fraction of sp³-hybridized carbons (Fsp3) is 0.100. The van der Waals surface area contributed by atoms with E-state index in [2.05, 4.69) is 4.98 Å². The molecule has 0 saturated heterocycles. The van der Waals surface area contributed by atoms with Crippen LogP contribution in [0.4, 0.5) is 0 Å². The van der Waals surface area contributed by atoms with Crippen LogP contribution in [0.15, 0.2) is 35.4 Å². The van der Waals surface area contributed by atoms with Gasteiger partial charge >= 0.3 is 0 Å². The Kier molecular flexibility index (Phi) is 2.21. The molecule has 0 aliphatic carbocycles. The van der Waals surface area contributed by atoms with E-state index in [-0.39, 0.29) is 5.03 Å². The summed E-state index contributed by atoms with van der Waals surface area (Å²) in [5.74, 6) is 0. The second kappa shape index (κ2) is 3.29. The second-order valence-corrected chi connectivity index (χ2v) is 4.82. The number of fused-ring (bicyclic) bond motifs is 1. The van der Waals surface area contributed by atoms with Crippen LogP contribution in [0.3, 0.4) is 0 Å². The van der Waals surface area contributed by atoms with Crippen LogP contribution >= 0.6 is 0 Å². The highest BCUT2D eigenvalue weighted by molar-refractivity contribution is 7.89. The van der Waals surface area contributed by atoms with Crippen LogP contribution in [0.25, 0.3) is 10.9 Å². The summed E-state index contributed by atoms with van der Waals surface area (Å²) in [5.41, 5.74) is 1.20. The Morgan fingerprint density at radius 3 is 2.60 bits per heavy atom. The molecule has 0 fully saturated rings. The van der Waals surface area contributed by atoms with Crippen LogP contribution in [-0.4, -0.2) is 13.4 Å². The molecule has 0 bridgehead atoms. The first-order valence-corrected chi connectivity index (χ1v) is 5.92. The Bertz CT molecular complexity index is 620. The fourth-order valence-electron chi connectivity index (χ4n) is 1.49. The number of pyridine rings is 1. The zero-order chi connectivity index (χ0) is 11.1. The van der Waals surface area contributed by atoms with Crippen molar-refractivity contribution in [2.75, 3.05) is 0 Å². The summed E-state index contributed by atoms with van der Waals surface area (Å²) in [4.78, 5) is 4.03. The van der Waals surface area contributed by atoms with Gasteiger partial charge in [-0.05, 0) is 24.6 Å². The molecule has 1 aromatic carbocycles. The average molecular weight is 222 g/mol. The summed E-state index contributed by atoms with van der Waals surface area (Å²) >= 11 is 0. The number of rotatable bonds is 1. The molecule has 4 nitrogen and oxygen atoms in total. The minimum absolute atomic E-state index is 0.0544. The lowest BCUT2D eigenvalue weighted by molar-refractivity contribution is 0.594. The summed E-state index contributed by atoms with van der Waals surface area (Å²) in [7, 11) is -3.74. The Hall–Kier alpha value is -1.46. The van der Waals surface area contributed by atoms with E-state index in [1.165, 1.54) is 0 Å². The van der Waals surface area contributed by atoms with Gasteiger partial charge in [0.1, 0.15) is 0 Å². The molecule has 15 heavy (non-hydrogen) atoms. The maximum absolute atomic E-state index is 11.2. The van der Waals surface area contributed by atoms with Gasteiger partial charge in [-0.25, -0.2) is 18.5 Å². The van der Waals surface area contributed by atoms with Crippen molar-refractivity contribution in [3.8, 4) is 0 Å². The third-order valence-corrected chi connectivity index (χ3v) is 3.09. The third kappa shape index (κ3) is 1.84. The third-order valence-electron chi connectivity index (χ3n) is 2.14. The molecule has 0 saturated carbocycles. The summed E-state index contributed by atoms with van der Waals surface area (Å²) in [6.07, 6.45) is 0. The second-order valence-electron chi connectivity index (χ2n) is 3.35. The van der Waals surface area contributed by atoms with E-state index in [1.807, 2.05) is 12.1 Å². The molecule has 78 valence electrons. The van der Waals surface area contributed by atoms with E-state index in [9.17, 15) is 8.42 Å². The highest BCUT2D eigenvalue weighted by Gasteiger charge is 2.13. The molecule has 5 heteroatoms. The number of sulfonamides is 1. The molecule has 1 heterocycles. The van der Waals surface area contributed by atoms with Crippen LogP contribution in [-0.2, 0) is 10.0 Å². The molecule has 0 unspecified atom stereocenters. The molecular formula is C10H10N2O2S. The van der Waals surface area contributed by atoms with Gasteiger partial charge in [0.15, 0.2) is 5.03 Å². The van der Waals surface area contributed by atoms with Crippen molar-refractivity contribution in [1.82, 2.24) is 4.98 Å². The lowest BCUT2D eigenvalue weighted by Gasteiger charge is -2.04. The van der Waals surface area contributed by atoms with Crippen LogP contribution in [0.5, 0.6) is 0 Å². The number of aromatic nitrogens is 1. The van der Waals surface area contributed by atoms with Gasteiger partial charge in [-0.3, -0.25) is 0 Å². The maximum Gasteiger partial charge on any atom is 0.255 e. The Labute approximate surface area is 87.8 Å². The van der Waals surface area contributed by atoms with Gasteiger partial charge < -0.3 is 0 Å². The van der Waals surface area contributed by atoms with Crippen molar-refractivity contribution in [2.45, 2.75) is 11.9 Å². The highest BCUT2D eigenvalue weighted by atomic mass is 32.2. The summed E-state index contributed by atoms with van der Waals surface area (Å²) in [6.45, 7) is 1.68. The van der Waals surface area contributed by atoms with Crippen molar-refractivity contribution in [3.05, 3.63) is 35.9 Å². The van der Waals surface area contributed by atoms with Gasteiger partial charge in [0.2, 0.25) is 0 Å². The van der Waals surface area contributed by atoms with Crippen LogP contribution < -0.4 is 5.14 Å². The van der Waals surface area contributed by atoms with Gasteiger partial charge in [0.05, 0.1) is 5.52 Å². The summed E-state index contributed by atoms with van der Waals surface area (Å²) < 4.78 is 22.4. The number of benzene rings is 1. The zero-order valence-corrected chi connectivity index (χ0v) is 8.95.